The normalized spacial score (nSPS) is 11.6. The third-order valence-electron chi connectivity index (χ3n) is 3.30. The van der Waals surface area contributed by atoms with E-state index >= 15 is 0 Å². The Hall–Kier alpha value is -2.44. The standard InChI is InChI=1S/C15H12F3N5O2S2/c1-7-13(27-12(5-24)21-7)9-6-26-14(22-9)23-11(25)2-8-3-20-10(4-19-8)15(16,17)18/h3-4,6,24H,2,5H2,1H3,(H,22,23,25). The van der Waals surface area contributed by atoms with Crippen LogP contribution in [0.25, 0.3) is 10.6 Å². The molecule has 142 valence electrons. The molecule has 0 radical (unpaired) electrons. The van der Waals surface area contributed by atoms with E-state index < -0.39 is 17.8 Å². The van der Waals surface area contributed by atoms with Crippen LogP contribution in [0.2, 0.25) is 0 Å². The van der Waals surface area contributed by atoms with Gasteiger partial charge in [-0.05, 0) is 6.92 Å². The van der Waals surface area contributed by atoms with E-state index in [9.17, 15) is 18.0 Å². The smallest absolute Gasteiger partial charge is 0.389 e. The van der Waals surface area contributed by atoms with Crippen molar-refractivity contribution in [1.82, 2.24) is 19.9 Å². The number of aryl methyl sites for hydroxylation is 1. The zero-order valence-electron chi connectivity index (χ0n) is 13.7. The highest BCUT2D eigenvalue weighted by atomic mass is 32.1. The van der Waals surface area contributed by atoms with Crippen molar-refractivity contribution in [2.45, 2.75) is 26.1 Å². The summed E-state index contributed by atoms with van der Waals surface area (Å²) < 4.78 is 37.4. The van der Waals surface area contributed by atoms with Crippen LogP contribution in [0.3, 0.4) is 0 Å². The van der Waals surface area contributed by atoms with E-state index in [0.717, 1.165) is 16.8 Å². The number of aromatic nitrogens is 4. The monoisotopic (exact) mass is 415 g/mol. The van der Waals surface area contributed by atoms with Gasteiger partial charge in [-0.1, -0.05) is 0 Å². The number of anilines is 1. The second kappa shape index (κ2) is 7.66. The fraction of sp³-hybridized carbons (Fsp3) is 0.267. The molecule has 0 aliphatic rings. The van der Waals surface area contributed by atoms with Gasteiger partial charge < -0.3 is 10.4 Å². The summed E-state index contributed by atoms with van der Waals surface area (Å²) in [5, 5.41) is 14.4. The molecule has 3 aromatic heterocycles. The van der Waals surface area contributed by atoms with Crippen molar-refractivity contribution in [3.8, 4) is 10.6 Å². The lowest BCUT2D eigenvalue weighted by Crippen LogP contribution is -2.16. The van der Waals surface area contributed by atoms with Crippen molar-refractivity contribution in [3.05, 3.63) is 39.9 Å². The number of amides is 1. The van der Waals surface area contributed by atoms with Crippen LogP contribution >= 0.6 is 22.7 Å². The SMILES string of the molecule is Cc1nc(CO)sc1-c1csc(NC(=O)Cc2cnc(C(F)(F)F)cn2)n1. The maximum atomic E-state index is 12.5. The molecule has 2 N–H and O–H groups in total. The molecule has 0 atom stereocenters. The first-order valence-corrected chi connectivity index (χ1v) is 9.17. The molecule has 27 heavy (non-hydrogen) atoms. The molecule has 12 heteroatoms. The molecule has 0 unspecified atom stereocenters. The Kier molecular flexibility index (Phi) is 5.48. The van der Waals surface area contributed by atoms with Crippen LogP contribution in [0.5, 0.6) is 0 Å². The van der Waals surface area contributed by atoms with Crippen LogP contribution in [0.4, 0.5) is 18.3 Å². The van der Waals surface area contributed by atoms with Gasteiger partial charge in [-0.2, -0.15) is 13.2 Å². The van der Waals surface area contributed by atoms with E-state index in [0.29, 0.717) is 22.0 Å². The van der Waals surface area contributed by atoms with Crippen LogP contribution in [0, 0.1) is 6.92 Å². The summed E-state index contributed by atoms with van der Waals surface area (Å²) in [6, 6.07) is 0. The van der Waals surface area contributed by atoms with Crippen LogP contribution in [0.15, 0.2) is 17.8 Å². The number of halogens is 3. The minimum Gasteiger partial charge on any atom is -0.389 e. The number of aliphatic hydroxyl groups excluding tert-OH is 1. The third-order valence-corrected chi connectivity index (χ3v) is 5.22. The lowest BCUT2D eigenvalue weighted by atomic mass is 10.3. The summed E-state index contributed by atoms with van der Waals surface area (Å²) in [7, 11) is 0. The number of nitrogens with zero attached hydrogens (tertiary/aromatic N) is 4. The van der Waals surface area contributed by atoms with Crippen molar-refractivity contribution < 1.29 is 23.1 Å². The van der Waals surface area contributed by atoms with E-state index in [-0.39, 0.29) is 18.7 Å². The van der Waals surface area contributed by atoms with E-state index in [4.69, 9.17) is 5.11 Å². The number of alkyl halides is 3. The summed E-state index contributed by atoms with van der Waals surface area (Å²) in [5.41, 5.74) is 0.355. The topological polar surface area (TPSA) is 101 Å². The Morgan fingerprint density at radius 3 is 2.63 bits per heavy atom. The summed E-state index contributed by atoms with van der Waals surface area (Å²) in [5.74, 6) is -0.470. The predicted molar refractivity (Wildman–Crippen MR) is 93.2 cm³/mol. The lowest BCUT2D eigenvalue weighted by molar-refractivity contribution is -0.141. The van der Waals surface area contributed by atoms with E-state index in [1.807, 2.05) is 0 Å². The van der Waals surface area contributed by atoms with Crippen LogP contribution in [0.1, 0.15) is 22.1 Å². The van der Waals surface area contributed by atoms with Gasteiger partial charge in [0.05, 0.1) is 41.2 Å². The first kappa shape index (κ1) is 19.3. The maximum absolute atomic E-state index is 12.5. The molecule has 0 bridgehead atoms. The molecule has 3 aromatic rings. The third kappa shape index (κ3) is 4.64. The van der Waals surface area contributed by atoms with Gasteiger partial charge >= 0.3 is 6.18 Å². The molecule has 0 aromatic carbocycles. The molecule has 0 saturated heterocycles. The first-order valence-electron chi connectivity index (χ1n) is 7.47. The summed E-state index contributed by atoms with van der Waals surface area (Å²) >= 11 is 2.51. The largest absolute Gasteiger partial charge is 0.434 e. The van der Waals surface area contributed by atoms with Crippen molar-refractivity contribution in [3.63, 3.8) is 0 Å². The van der Waals surface area contributed by atoms with E-state index in [1.165, 1.54) is 22.7 Å². The van der Waals surface area contributed by atoms with Crippen molar-refractivity contribution in [2.75, 3.05) is 5.32 Å². The Labute approximate surface area is 159 Å². The molecule has 0 saturated carbocycles. The number of hydrogen-bond acceptors (Lipinski definition) is 8. The zero-order chi connectivity index (χ0) is 19.6. The molecule has 7 nitrogen and oxygen atoms in total. The molecule has 1 amide bonds. The van der Waals surface area contributed by atoms with Gasteiger partial charge in [0.2, 0.25) is 5.91 Å². The van der Waals surface area contributed by atoms with E-state index in [2.05, 4.69) is 25.3 Å². The highest BCUT2D eigenvalue weighted by Crippen LogP contribution is 2.32. The summed E-state index contributed by atoms with van der Waals surface area (Å²) in [6.45, 7) is 1.64. The summed E-state index contributed by atoms with van der Waals surface area (Å²) in [4.78, 5) is 28.2. The lowest BCUT2D eigenvalue weighted by Gasteiger charge is -2.05. The fourth-order valence-corrected chi connectivity index (χ4v) is 3.79. The number of rotatable bonds is 5. The molecule has 0 aliphatic carbocycles. The number of carbonyl (C=O) groups is 1. The molecule has 0 spiro atoms. The Morgan fingerprint density at radius 2 is 2.04 bits per heavy atom. The molecule has 3 rings (SSSR count). The van der Waals surface area contributed by atoms with Gasteiger partial charge in [0.1, 0.15) is 5.01 Å². The first-order chi connectivity index (χ1) is 12.8. The number of thiazole rings is 2. The molecule has 0 fully saturated rings. The number of nitrogens with one attached hydrogen (secondary N) is 1. The Morgan fingerprint density at radius 1 is 1.26 bits per heavy atom. The minimum atomic E-state index is -4.57. The second-order valence-corrected chi connectivity index (χ2v) is 7.28. The quantitative estimate of drug-likeness (QED) is 0.664. The zero-order valence-corrected chi connectivity index (χ0v) is 15.4. The average molecular weight is 415 g/mol. The fourth-order valence-electron chi connectivity index (χ4n) is 2.11. The Balaban J connectivity index is 1.65. The number of aliphatic hydroxyl groups is 1. The number of hydrogen-bond donors (Lipinski definition) is 2. The summed E-state index contributed by atoms with van der Waals surface area (Å²) in [6.07, 6.45) is -3.29. The highest BCUT2D eigenvalue weighted by Gasteiger charge is 2.32. The van der Waals surface area contributed by atoms with Gasteiger partial charge in [-0.3, -0.25) is 9.78 Å². The van der Waals surface area contributed by atoms with Gasteiger partial charge in [-0.15, -0.1) is 22.7 Å². The van der Waals surface area contributed by atoms with Crippen molar-refractivity contribution in [2.24, 2.45) is 0 Å². The average Bonchev–Trinajstić information content (AvgIpc) is 3.20. The maximum Gasteiger partial charge on any atom is 0.434 e. The molecular formula is C15H12F3N5O2S2. The van der Waals surface area contributed by atoms with Crippen molar-refractivity contribution >= 4 is 33.7 Å². The minimum absolute atomic E-state index is 0.114. The predicted octanol–water partition coefficient (Wildman–Crippen LogP) is 3.06. The van der Waals surface area contributed by atoms with Crippen LogP contribution in [-0.2, 0) is 24.0 Å². The molecule has 0 aliphatic heterocycles. The van der Waals surface area contributed by atoms with Crippen LogP contribution < -0.4 is 5.32 Å². The van der Waals surface area contributed by atoms with Gasteiger partial charge in [0.25, 0.3) is 0 Å². The second-order valence-electron chi connectivity index (χ2n) is 5.33. The van der Waals surface area contributed by atoms with E-state index in [1.54, 1.807) is 12.3 Å². The van der Waals surface area contributed by atoms with Gasteiger partial charge in [0.15, 0.2) is 10.8 Å². The molecule has 3 heterocycles. The van der Waals surface area contributed by atoms with Gasteiger partial charge in [0, 0.05) is 11.6 Å². The Bertz CT molecular complexity index is 953. The van der Waals surface area contributed by atoms with Crippen molar-refractivity contribution in [1.29, 1.82) is 0 Å². The highest BCUT2D eigenvalue weighted by molar-refractivity contribution is 7.17. The molecular weight excluding hydrogens is 403 g/mol. The van der Waals surface area contributed by atoms with Crippen LogP contribution in [-0.4, -0.2) is 30.9 Å². The van der Waals surface area contributed by atoms with Gasteiger partial charge in [-0.25, -0.2) is 15.0 Å². The number of carbonyl (C=O) groups excluding carboxylic acids is 1.